The Kier molecular flexibility index (Phi) is 7.84. The van der Waals surface area contributed by atoms with Gasteiger partial charge in [-0.15, -0.1) is 0 Å². The van der Waals surface area contributed by atoms with Crippen molar-refractivity contribution in [2.24, 2.45) is 0 Å². The zero-order chi connectivity index (χ0) is 24.1. The van der Waals surface area contributed by atoms with Gasteiger partial charge in [-0.3, -0.25) is 19.2 Å². The van der Waals surface area contributed by atoms with Crippen molar-refractivity contribution < 1.29 is 22.9 Å². The number of benzene rings is 2. The number of nitrogens with one attached hydrogen (secondary N) is 1. The molecule has 0 aromatic heterocycles. The Labute approximate surface area is 188 Å². The van der Waals surface area contributed by atoms with Gasteiger partial charge in [0.2, 0.25) is 15.9 Å². The molecule has 0 unspecified atom stereocenters. The summed E-state index contributed by atoms with van der Waals surface area (Å²) in [6, 6.07) is 11.5. The van der Waals surface area contributed by atoms with Gasteiger partial charge in [-0.2, -0.15) is 0 Å². The van der Waals surface area contributed by atoms with Crippen LogP contribution in [-0.2, 0) is 20.2 Å². The van der Waals surface area contributed by atoms with E-state index >= 15 is 0 Å². The molecule has 0 radical (unpaired) electrons. The number of nitro benzene ring substituents is 1. The van der Waals surface area contributed by atoms with Gasteiger partial charge in [-0.25, -0.2) is 8.42 Å². The molecule has 0 aliphatic heterocycles. The molecule has 0 spiro atoms. The van der Waals surface area contributed by atoms with Crippen LogP contribution in [0.25, 0.3) is 0 Å². The fourth-order valence-corrected chi connectivity index (χ4v) is 4.02. The van der Waals surface area contributed by atoms with E-state index in [4.69, 9.17) is 4.74 Å². The van der Waals surface area contributed by atoms with Gasteiger partial charge in [0.1, 0.15) is 18.9 Å². The highest BCUT2D eigenvalue weighted by molar-refractivity contribution is 7.92. The number of hydrogen-bond donors (Lipinski definition) is 1. The number of anilines is 1. The second-order valence-corrected chi connectivity index (χ2v) is 10.3. The molecule has 2 aromatic rings. The highest BCUT2D eigenvalue weighted by Gasteiger charge is 2.24. The van der Waals surface area contributed by atoms with Crippen molar-refractivity contribution in [3.05, 3.63) is 63.7 Å². The van der Waals surface area contributed by atoms with Crippen molar-refractivity contribution in [2.45, 2.75) is 33.1 Å². The summed E-state index contributed by atoms with van der Waals surface area (Å²) in [4.78, 5) is 22.9. The topological polar surface area (TPSA) is 119 Å². The summed E-state index contributed by atoms with van der Waals surface area (Å²) in [6.07, 6.45) is 0.949. The van der Waals surface area contributed by atoms with Crippen LogP contribution in [0, 0.1) is 17.0 Å². The smallest absolute Gasteiger partial charge is 0.271 e. The number of nitrogens with zero attached hydrogens (tertiary/aromatic N) is 2. The molecule has 9 nitrogen and oxygen atoms in total. The third-order valence-corrected chi connectivity index (χ3v) is 5.86. The Morgan fingerprint density at radius 3 is 2.44 bits per heavy atom. The summed E-state index contributed by atoms with van der Waals surface area (Å²) in [5.41, 5.74) is 1.26. The van der Waals surface area contributed by atoms with Gasteiger partial charge in [0, 0.05) is 12.1 Å². The van der Waals surface area contributed by atoms with Crippen LogP contribution in [0.3, 0.4) is 0 Å². The van der Waals surface area contributed by atoms with E-state index < -0.39 is 27.4 Å². The van der Waals surface area contributed by atoms with E-state index in [1.165, 1.54) is 12.1 Å². The lowest BCUT2D eigenvalue weighted by molar-refractivity contribution is -0.384. The zero-order valence-electron chi connectivity index (χ0n) is 18.9. The molecular formula is C22H29N3O6S. The van der Waals surface area contributed by atoms with Crippen molar-refractivity contribution in [2.75, 3.05) is 30.3 Å². The standard InChI is InChI=1S/C22H29N3O6S/c1-16-10-11-17(25(27)28)14-19(16)24(32(5,29)30)15-21(26)23-12-13-31-20-9-7-6-8-18(20)22(2,3)4/h6-11,14H,12-13,15H2,1-5H3,(H,23,26). The minimum Gasteiger partial charge on any atom is -0.491 e. The second kappa shape index (κ2) is 9.99. The first-order valence-electron chi connectivity index (χ1n) is 10.0. The van der Waals surface area contributed by atoms with Crippen LogP contribution in [0.15, 0.2) is 42.5 Å². The van der Waals surface area contributed by atoms with E-state index in [-0.39, 0.29) is 29.9 Å². The number of non-ortho nitro benzene ring substituents is 1. The van der Waals surface area contributed by atoms with E-state index in [0.717, 1.165) is 27.9 Å². The van der Waals surface area contributed by atoms with Crippen LogP contribution in [0.4, 0.5) is 11.4 Å². The number of amides is 1. The van der Waals surface area contributed by atoms with Crippen molar-refractivity contribution in [3.63, 3.8) is 0 Å². The zero-order valence-corrected chi connectivity index (χ0v) is 19.7. The highest BCUT2D eigenvalue weighted by atomic mass is 32.2. The summed E-state index contributed by atoms with van der Waals surface area (Å²) in [6.45, 7) is 7.72. The summed E-state index contributed by atoms with van der Waals surface area (Å²) < 4.78 is 31.3. The molecule has 2 aromatic carbocycles. The van der Waals surface area contributed by atoms with Crippen LogP contribution in [0.5, 0.6) is 5.75 Å². The lowest BCUT2D eigenvalue weighted by atomic mass is 9.86. The molecule has 0 aliphatic rings. The van der Waals surface area contributed by atoms with Gasteiger partial charge in [0.15, 0.2) is 0 Å². The molecule has 0 saturated heterocycles. The van der Waals surface area contributed by atoms with E-state index in [2.05, 4.69) is 26.1 Å². The van der Waals surface area contributed by atoms with Crippen LogP contribution in [-0.4, -0.2) is 45.2 Å². The number of para-hydroxylation sites is 1. The van der Waals surface area contributed by atoms with Crippen LogP contribution < -0.4 is 14.4 Å². The number of sulfonamides is 1. The molecule has 0 aliphatic carbocycles. The number of nitro groups is 1. The lowest BCUT2D eigenvalue weighted by Gasteiger charge is -2.24. The van der Waals surface area contributed by atoms with E-state index in [1.807, 2.05) is 24.3 Å². The lowest BCUT2D eigenvalue weighted by Crippen LogP contribution is -2.41. The van der Waals surface area contributed by atoms with Crippen molar-refractivity contribution in [3.8, 4) is 5.75 Å². The predicted octanol–water partition coefficient (Wildman–Crippen LogP) is 3.16. The Hall–Kier alpha value is -3.14. The van der Waals surface area contributed by atoms with Crippen molar-refractivity contribution >= 4 is 27.3 Å². The summed E-state index contributed by atoms with van der Waals surface area (Å²) in [5.74, 6) is 0.174. The molecule has 0 atom stereocenters. The quantitative estimate of drug-likeness (QED) is 0.347. The maximum atomic E-state index is 12.4. The maximum absolute atomic E-state index is 12.4. The first kappa shape index (κ1) is 25.1. The van der Waals surface area contributed by atoms with Gasteiger partial charge in [-0.05, 0) is 29.5 Å². The molecule has 174 valence electrons. The molecule has 1 amide bonds. The largest absolute Gasteiger partial charge is 0.491 e. The minimum absolute atomic E-state index is 0.0900. The second-order valence-electron chi connectivity index (χ2n) is 8.44. The van der Waals surface area contributed by atoms with E-state index in [9.17, 15) is 23.3 Å². The Balaban J connectivity index is 2.05. The number of hydrogen-bond acceptors (Lipinski definition) is 6. The molecule has 0 saturated carbocycles. The molecule has 2 rings (SSSR count). The van der Waals surface area contributed by atoms with Gasteiger partial charge >= 0.3 is 0 Å². The minimum atomic E-state index is -3.85. The molecule has 0 heterocycles. The van der Waals surface area contributed by atoms with E-state index in [0.29, 0.717) is 5.56 Å². The van der Waals surface area contributed by atoms with E-state index in [1.54, 1.807) is 6.92 Å². The predicted molar refractivity (Wildman–Crippen MR) is 124 cm³/mol. The summed E-state index contributed by atoms with van der Waals surface area (Å²) in [7, 11) is -3.85. The monoisotopic (exact) mass is 463 g/mol. The van der Waals surface area contributed by atoms with Crippen LogP contribution >= 0.6 is 0 Å². The first-order chi connectivity index (χ1) is 14.8. The molecule has 1 N–H and O–H groups in total. The fraction of sp³-hybridized carbons (Fsp3) is 0.409. The molecule has 32 heavy (non-hydrogen) atoms. The van der Waals surface area contributed by atoms with Crippen LogP contribution in [0.2, 0.25) is 0 Å². The normalized spacial score (nSPS) is 11.7. The van der Waals surface area contributed by atoms with Crippen LogP contribution in [0.1, 0.15) is 31.9 Å². The SMILES string of the molecule is Cc1ccc([N+](=O)[O-])cc1N(CC(=O)NCCOc1ccccc1C(C)(C)C)S(C)(=O)=O. The van der Waals surface area contributed by atoms with Crippen molar-refractivity contribution in [1.29, 1.82) is 0 Å². The third kappa shape index (κ3) is 6.68. The van der Waals surface area contributed by atoms with Gasteiger partial charge in [-0.1, -0.05) is 45.0 Å². The summed E-state index contributed by atoms with van der Waals surface area (Å²) >= 11 is 0. The average molecular weight is 464 g/mol. The number of carbonyl (C=O) groups is 1. The van der Waals surface area contributed by atoms with Gasteiger partial charge < -0.3 is 10.1 Å². The summed E-state index contributed by atoms with van der Waals surface area (Å²) in [5, 5.41) is 13.7. The Morgan fingerprint density at radius 2 is 1.84 bits per heavy atom. The first-order valence-corrected chi connectivity index (χ1v) is 11.9. The number of aryl methyl sites for hydroxylation is 1. The maximum Gasteiger partial charge on any atom is 0.271 e. The fourth-order valence-electron chi connectivity index (χ4n) is 3.11. The third-order valence-electron chi connectivity index (χ3n) is 4.74. The molecule has 0 bridgehead atoms. The number of ether oxygens (including phenoxy) is 1. The average Bonchev–Trinajstić information content (AvgIpc) is 2.68. The van der Waals surface area contributed by atoms with Gasteiger partial charge in [0.25, 0.3) is 5.69 Å². The number of carbonyl (C=O) groups excluding carboxylic acids is 1. The Morgan fingerprint density at radius 1 is 1.19 bits per heavy atom. The Bertz CT molecular complexity index is 1090. The molecule has 0 fully saturated rings. The molecular weight excluding hydrogens is 434 g/mol. The molecule has 10 heteroatoms. The van der Waals surface area contributed by atoms with Gasteiger partial charge in [0.05, 0.1) is 23.4 Å². The van der Waals surface area contributed by atoms with Crippen molar-refractivity contribution in [1.82, 2.24) is 5.32 Å². The highest BCUT2D eigenvalue weighted by Crippen LogP contribution is 2.31. The number of rotatable bonds is 9.